The summed E-state index contributed by atoms with van der Waals surface area (Å²) in [6, 6.07) is 10.1. The number of hydrogen-bond donors (Lipinski definition) is 1. The van der Waals surface area contributed by atoms with Crippen LogP contribution in [0, 0.1) is 14.2 Å². The van der Waals surface area contributed by atoms with Gasteiger partial charge in [0, 0.05) is 8.59 Å². The summed E-state index contributed by atoms with van der Waals surface area (Å²) < 4.78 is 16.4. The summed E-state index contributed by atoms with van der Waals surface area (Å²) in [7, 11) is 0. The molecule has 2 nitrogen and oxygen atoms in total. The lowest BCUT2D eigenvalue weighted by Crippen LogP contribution is -1.97. The van der Waals surface area contributed by atoms with Crippen LogP contribution in [0.25, 0.3) is 16.7 Å². The number of aromatic amines is 1. The van der Waals surface area contributed by atoms with Crippen LogP contribution in [0.4, 0.5) is 4.39 Å². The molecule has 3 rings (SSSR count). The van der Waals surface area contributed by atoms with Crippen LogP contribution in [0.5, 0.6) is 0 Å². The summed E-state index contributed by atoms with van der Waals surface area (Å²) in [5.41, 5.74) is 2.61. The molecule has 0 aliphatic rings. The van der Waals surface area contributed by atoms with Crippen molar-refractivity contribution >= 4 is 57.4 Å². The zero-order valence-electron chi connectivity index (χ0n) is 9.45. The van der Waals surface area contributed by atoms with Crippen LogP contribution in [-0.2, 0) is 0 Å². The summed E-state index contributed by atoms with van der Waals surface area (Å²) in [6.07, 6.45) is 0. The van der Waals surface area contributed by atoms with E-state index in [0.29, 0.717) is 9.79 Å². The molecule has 0 atom stereocenters. The van der Waals surface area contributed by atoms with Crippen molar-refractivity contribution in [3.8, 4) is 5.69 Å². The van der Waals surface area contributed by atoms with E-state index in [1.54, 1.807) is 12.1 Å². The van der Waals surface area contributed by atoms with Crippen LogP contribution in [-0.4, -0.2) is 9.55 Å². The Labute approximate surface area is 132 Å². The minimum Gasteiger partial charge on any atom is -0.330 e. The van der Waals surface area contributed by atoms with Gasteiger partial charge in [0.1, 0.15) is 5.82 Å². The van der Waals surface area contributed by atoms with Crippen LogP contribution >= 0.6 is 46.4 Å². The van der Waals surface area contributed by atoms with Gasteiger partial charge in [-0.3, -0.25) is 4.57 Å². The van der Waals surface area contributed by atoms with Crippen LogP contribution in [0.3, 0.4) is 0 Å². The van der Waals surface area contributed by atoms with Gasteiger partial charge in [0.25, 0.3) is 0 Å². The Kier molecular flexibility index (Phi) is 3.36. The number of benzene rings is 2. The number of rotatable bonds is 1. The van der Waals surface area contributed by atoms with Crippen molar-refractivity contribution < 1.29 is 4.39 Å². The monoisotopic (exact) mass is 404 g/mol. The van der Waals surface area contributed by atoms with E-state index in [1.165, 1.54) is 12.1 Å². The lowest BCUT2D eigenvalue weighted by Gasteiger charge is -2.07. The molecule has 0 aliphatic carbocycles. The maximum atomic E-state index is 13.2. The average Bonchev–Trinajstić information content (AvgIpc) is 2.65. The fraction of sp³-hybridized carbons (Fsp3) is 0. The third-order valence-corrected chi connectivity index (χ3v) is 4.18. The second kappa shape index (κ2) is 4.88. The smallest absolute Gasteiger partial charge is 0.182 e. The lowest BCUT2D eigenvalue weighted by atomic mass is 10.2. The number of halogens is 3. The predicted octanol–water partition coefficient (Wildman–Crippen LogP) is 5.09. The van der Waals surface area contributed by atoms with E-state index in [2.05, 4.69) is 27.6 Å². The summed E-state index contributed by atoms with van der Waals surface area (Å²) in [5, 5.41) is 0.632. The van der Waals surface area contributed by atoms with Gasteiger partial charge in [0.05, 0.1) is 16.7 Å². The quantitative estimate of drug-likeness (QED) is 0.443. The zero-order chi connectivity index (χ0) is 13.6. The van der Waals surface area contributed by atoms with Crippen molar-refractivity contribution in [3.05, 3.63) is 55.6 Å². The molecule has 0 fully saturated rings. The highest BCUT2D eigenvalue weighted by molar-refractivity contribution is 14.1. The van der Waals surface area contributed by atoms with E-state index in [9.17, 15) is 4.39 Å². The molecule has 1 N–H and O–H groups in total. The average molecular weight is 405 g/mol. The normalized spacial score (nSPS) is 11.1. The largest absolute Gasteiger partial charge is 0.330 e. The summed E-state index contributed by atoms with van der Waals surface area (Å²) >= 11 is 13.5. The zero-order valence-corrected chi connectivity index (χ0v) is 13.2. The summed E-state index contributed by atoms with van der Waals surface area (Å²) in [5.74, 6) is -0.266. The van der Waals surface area contributed by atoms with Crippen molar-refractivity contribution in [1.29, 1.82) is 0 Å². The Morgan fingerprint density at radius 1 is 1.21 bits per heavy atom. The van der Waals surface area contributed by atoms with Crippen LogP contribution in [0.1, 0.15) is 0 Å². The van der Waals surface area contributed by atoms with Gasteiger partial charge in [-0.15, -0.1) is 0 Å². The highest BCUT2D eigenvalue weighted by Crippen LogP contribution is 2.26. The molecule has 0 aliphatic heterocycles. The van der Waals surface area contributed by atoms with Crippen molar-refractivity contribution in [2.24, 2.45) is 0 Å². The van der Waals surface area contributed by atoms with Crippen molar-refractivity contribution in [2.75, 3.05) is 0 Å². The number of nitrogens with zero attached hydrogens (tertiary/aromatic N) is 1. The Bertz CT molecular complexity index is 840. The number of aromatic nitrogens is 2. The molecule has 0 saturated heterocycles. The number of hydrogen-bond acceptors (Lipinski definition) is 1. The summed E-state index contributed by atoms with van der Waals surface area (Å²) in [6.45, 7) is 0. The molecule has 6 heteroatoms. The van der Waals surface area contributed by atoms with Gasteiger partial charge in [0.15, 0.2) is 4.77 Å². The van der Waals surface area contributed by atoms with E-state index in [1.807, 2.05) is 16.7 Å². The first kappa shape index (κ1) is 13.1. The Hall–Kier alpha value is -0.920. The molecule has 3 aromatic rings. The second-order valence-electron chi connectivity index (χ2n) is 4.02. The van der Waals surface area contributed by atoms with Crippen LogP contribution < -0.4 is 0 Å². The van der Waals surface area contributed by atoms with E-state index in [4.69, 9.17) is 23.8 Å². The number of nitrogens with one attached hydrogen (secondary N) is 1. The van der Waals surface area contributed by atoms with E-state index < -0.39 is 0 Å². The van der Waals surface area contributed by atoms with Gasteiger partial charge in [-0.05, 0) is 71.2 Å². The molecule has 1 aromatic heterocycles. The Morgan fingerprint density at radius 2 is 2.00 bits per heavy atom. The lowest BCUT2D eigenvalue weighted by molar-refractivity contribution is 0.626. The van der Waals surface area contributed by atoms with E-state index in [0.717, 1.165) is 20.3 Å². The van der Waals surface area contributed by atoms with Gasteiger partial charge in [-0.25, -0.2) is 4.39 Å². The van der Waals surface area contributed by atoms with E-state index >= 15 is 0 Å². The molecule has 0 spiro atoms. The first-order valence-electron chi connectivity index (χ1n) is 5.42. The predicted molar refractivity (Wildman–Crippen MR) is 86.1 cm³/mol. The molecule has 1 heterocycles. The minimum absolute atomic E-state index is 0.266. The highest BCUT2D eigenvalue weighted by atomic mass is 127. The van der Waals surface area contributed by atoms with Crippen LogP contribution in [0.15, 0.2) is 36.4 Å². The van der Waals surface area contributed by atoms with Crippen LogP contribution in [0.2, 0.25) is 5.02 Å². The third kappa shape index (κ3) is 2.30. The Balaban J connectivity index is 2.38. The molecule has 96 valence electrons. The third-order valence-electron chi connectivity index (χ3n) is 2.80. The number of imidazole rings is 1. The molecule has 0 saturated carbocycles. The minimum atomic E-state index is -0.266. The van der Waals surface area contributed by atoms with Gasteiger partial charge < -0.3 is 4.98 Å². The first-order chi connectivity index (χ1) is 9.06. The SMILES string of the molecule is Fc1ccc(-n2c(=S)[nH]c3ccc(Cl)cc32)c(I)c1. The second-order valence-corrected chi connectivity index (χ2v) is 6.01. The molecule has 0 radical (unpaired) electrons. The van der Waals surface area contributed by atoms with Gasteiger partial charge in [-0.2, -0.15) is 0 Å². The maximum Gasteiger partial charge on any atom is 0.182 e. The number of H-pyrrole nitrogens is 1. The van der Waals surface area contributed by atoms with Crippen molar-refractivity contribution in [1.82, 2.24) is 9.55 Å². The van der Waals surface area contributed by atoms with Gasteiger partial charge in [0.2, 0.25) is 0 Å². The van der Waals surface area contributed by atoms with Gasteiger partial charge in [-0.1, -0.05) is 11.6 Å². The molecule has 2 aromatic carbocycles. The van der Waals surface area contributed by atoms with E-state index in [-0.39, 0.29) is 5.82 Å². The molecule has 0 unspecified atom stereocenters. The first-order valence-corrected chi connectivity index (χ1v) is 7.28. The molecule has 0 amide bonds. The maximum absolute atomic E-state index is 13.2. The fourth-order valence-electron chi connectivity index (χ4n) is 1.98. The molecule has 19 heavy (non-hydrogen) atoms. The summed E-state index contributed by atoms with van der Waals surface area (Å²) in [4.78, 5) is 3.12. The molecule has 0 bridgehead atoms. The highest BCUT2D eigenvalue weighted by Gasteiger charge is 2.10. The molecular weight excluding hydrogens is 398 g/mol. The standard InChI is InChI=1S/C13H7ClFIN2S/c14-7-1-3-10-12(5-7)18(13(19)17-10)11-4-2-8(15)6-9(11)16/h1-6H,(H,17,19). The number of fused-ring (bicyclic) bond motifs is 1. The Morgan fingerprint density at radius 3 is 2.74 bits per heavy atom. The topological polar surface area (TPSA) is 20.7 Å². The molecular formula is C13H7ClFIN2S. The fourth-order valence-corrected chi connectivity index (χ4v) is 3.17. The van der Waals surface area contributed by atoms with Crippen molar-refractivity contribution in [2.45, 2.75) is 0 Å². The van der Waals surface area contributed by atoms with Crippen molar-refractivity contribution in [3.63, 3.8) is 0 Å². The van der Waals surface area contributed by atoms with Gasteiger partial charge >= 0.3 is 0 Å².